The van der Waals surface area contributed by atoms with Gasteiger partial charge >= 0.3 is 0 Å². The maximum atomic E-state index is 12.2. The molecule has 1 aromatic heterocycles. The molecule has 5 heteroatoms. The maximum absolute atomic E-state index is 12.2. The average molecular weight is 354 g/mol. The summed E-state index contributed by atoms with van der Waals surface area (Å²) in [6.07, 6.45) is 5.48. The Hall–Kier alpha value is -2.40. The van der Waals surface area contributed by atoms with Gasteiger partial charge in [-0.2, -0.15) is 0 Å². The number of benzene rings is 1. The highest BCUT2D eigenvalue weighted by atomic mass is 16.5. The summed E-state index contributed by atoms with van der Waals surface area (Å²) < 4.78 is 11.4. The molecular formula is C21H26N2O3. The van der Waals surface area contributed by atoms with Gasteiger partial charge in [0, 0.05) is 19.2 Å². The number of aromatic nitrogens is 1. The summed E-state index contributed by atoms with van der Waals surface area (Å²) in [4.78, 5) is 16.4. The number of nitrogens with one attached hydrogen (secondary N) is 1. The number of pyridine rings is 1. The second-order valence-corrected chi connectivity index (χ2v) is 6.65. The van der Waals surface area contributed by atoms with Gasteiger partial charge in [0.2, 0.25) is 5.91 Å². The first-order chi connectivity index (χ1) is 12.7. The van der Waals surface area contributed by atoms with E-state index in [4.69, 9.17) is 9.47 Å². The van der Waals surface area contributed by atoms with E-state index in [2.05, 4.69) is 10.3 Å². The van der Waals surface area contributed by atoms with Crippen molar-refractivity contribution < 1.29 is 14.3 Å². The van der Waals surface area contributed by atoms with Crippen molar-refractivity contribution in [2.24, 2.45) is 0 Å². The number of hydrogen-bond acceptors (Lipinski definition) is 4. The van der Waals surface area contributed by atoms with Crippen molar-refractivity contribution in [1.29, 1.82) is 0 Å². The van der Waals surface area contributed by atoms with E-state index in [-0.39, 0.29) is 18.1 Å². The number of amides is 1. The van der Waals surface area contributed by atoms with E-state index in [1.165, 1.54) is 0 Å². The molecule has 1 aliphatic heterocycles. The summed E-state index contributed by atoms with van der Waals surface area (Å²) in [5.41, 5.74) is 1.90. The predicted octanol–water partition coefficient (Wildman–Crippen LogP) is 3.80. The summed E-state index contributed by atoms with van der Waals surface area (Å²) in [7, 11) is 0. The zero-order valence-electron chi connectivity index (χ0n) is 15.2. The van der Waals surface area contributed by atoms with Crippen molar-refractivity contribution >= 4 is 5.91 Å². The van der Waals surface area contributed by atoms with Gasteiger partial charge in [0.15, 0.2) is 0 Å². The predicted molar refractivity (Wildman–Crippen MR) is 99.8 cm³/mol. The van der Waals surface area contributed by atoms with Gasteiger partial charge < -0.3 is 14.8 Å². The van der Waals surface area contributed by atoms with Gasteiger partial charge in [-0.25, -0.2) is 0 Å². The molecule has 2 atom stereocenters. The van der Waals surface area contributed by atoms with Gasteiger partial charge in [0.05, 0.1) is 17.8 Å². The summed E-state index contributed by atoms with van der Waals surface area (Å²) in [6, 6.07) is 13.5. The largest absolute Gasteiger partial charge is 0.487 e. The average Bonchev–Trinajstić information content (AvgIpc) is 3.19. The van der Waals surface area contributed by atoms with Crippen LogP contribution in [0.15, 0.2) is 48.7 Å². The third kappa shape index (κ3) is 5.56. The fourth-order valence-corrected chi connectivity index (χ4v) is 3.08. The lowest BCUT2D eigenvalue weighted by Gasteiger charge is -2.16. The number of carbonyl (C=O) groups is 1. The molecular weight excluding hydrogens is 328 g/mol. The summed E-state index contributed by atoms with van der Waals surface area (Å²) in [5.74, 6) is 0.835. The molecule has 1 saturated heterocycles. The first-order valence-corrected chi connectivity index (χ1v) is 9.24. The molecule has 2 unspecified atom stereocenters. The summed E-state index contributed by atoms with van der Waals surface area (Å²) >= 11 is 0. The van der Waals surface area contributed by atoms with E-state index in [1.807, 2.05) is 49.4 Å². The lowest BCUT2D eigenvalue weighted by atomic mass is 10.1. The van der Waals surface area contributed by atoms with Crippen molar-refractivity contribution in [2.75, 3.05) is 6.61 Å². The first-order valence-electron chi connectivity index (χ1n) is 9.24. The maximum Gasteiger partial charge on any atom is 0.220 e. The Morgan fingerprint density at radius 1 is 1.35 bits per heavy atom. The molecule has 5 nitrogen and oxygen atoms in total. The zero-order valence-corrected chi connectivity index (χ0v) is 15.2. The molecule has 1 N–H and O–H groups in total. The highest BCUT2D eigenvalue weighted by Crippen LogP contribution is 2.21. The number of nitrogens with zero attached hydrogens (tertiary/aromatic N) is 1. The van der Waals surface area contributed by atoms with Crippen LogP contribution in [0.3, 0.4) is 0 Å². The molecule has 0 aliphatic carbocycles. The van der Waals surface area contributed by atoms with Crippen LogP contribution in [0.25, 0.3) is 0 Å². The molecule has 0 bridgehead atoms. The molecule has 0 saturated carbocycles. The van der Waals surface area contributed by atoms with Crippen molar-refractivity contribution in [2.45, 2.75) is 51.4 Å². The van der Waals surface area contributed by atoms with Crippen LogP contribution in [-0.4, -0.2) is 23.6 Å². The molecule has 1 aromatic carbocycles. The standard InChI is InChI=1S/C21H26N2O3/c1-16(23-21(24)11-10-19-9-5-13-25-19)17-6-4-8-20(14-17)26-15-18-7-2-3-12-22-18/h2-4,6-8,12,14,16,19H,5,9-11,13,15H2,1H3,(H,23,24). The molecule has 138 valence electrons. The van der Waals surface area contributed by atoms with Crippen LogP contribution >= 0.6 is 0 Å². The van der Waals surface area contributed by atoms with Crippen LogP contribution < -0.4 is 10.1 Å². The Morgan fingerprint density at radius 2 is 2.27 bits per heavy atom. The van der Waals surface area contributed by atoms with E-state index in [0.717, 1.165) is 42.9 Å². The molecule has 1 amide bonds. The Bertz CT molecular complexity index is 699. The smallest absolute Gasteiger partial charge is 0.220 e. The van der Waals surface area contributed by atoms with Crippen LogP contribution in [0, 0.1) is 0 Å². The molecule has 26 heavy (non-hydrogen) atoms. The highest BCUT2D eigenvalue weighted by molar-refractivity contribution is 5.76. The van der Waals surface area contributed by atoms with E-state index in [1.54, 1.807) is 6.20 Å². The molecule has 2 heterocycles. The third-order valence-electron chi connectivity index (χ3n) is 4.57. The first kappa shape index (κ1) is 18.4. The van der Waals surface area contributed by atoms with E-state index < -0.39 is 0 Å². The Kier molecular flexibility index (Phi) is 6.61. The summed E-state index contributed by atoms with van der Waals surface area (Å²) in [6.45, 7) is 3.24. The molecule has 1 fully saturated rings. The van der Waals surface area contributed by atoms with Crippen molar-refractivity contribution in [3.05, 3.63) is 59.9 Å². The third-order valence-corrected chi connectivity index (χ3v) is 4.57. The monoisotopic (exact) mass is 354 g/mol. The van der Waals surface area contributed by atoms with Gasteiger partial charge in [-0.05, 0) is 56.0 Å². The minimum atomic E-state index is -0.0644. The van der Waals surface area contributed by atoms with Gasteiger partial charge in [-0.15, -0.1) is 0 Å². The van der Waals surface area contributed by atoms with E-state index >= 15 is 0 Å². The van der Waals surface area contributed by atoms with Crippen molar-refractivity contribution in [1.82, 2.24) is 10.3 Å². The van der Waals surface area contributed by atoms with Crippen LogP contribution in [-0.2, 0) is 16.1 Å². The highest BCUT2D eigenvalue weighted by Gasteiger charge is 2.17. The van der Waals surface area contributed by atoms with Crippen LogP contribution in [0.4, 0.5) is 0 Å². The Morgan fingerprint density at radius 3 is 3.04 bits per heavy atom. The second kappa shape index (κ2) is 9.34. The number of ether oxygens (including phenoxy) is 2. The molecule has 1 aliphatic rings. The lowest BCUT2D eigenvalue weighted by Crippen LogP contribution is -2.27. The van der Waals surface area contributed by atoms with E-state index in [0.29, 0.717) is 13.0 Å². The van der Waals surface area contributed by atoms with Crippen LogP contribution in [0.2, 0.25) is 0 Å². The fraction of sp³-hybridized carbons (Fsp3) is 0.429. The van der Waals surface area contributed by atoms with Crippen LogP contribution in [0.5, 0.6) is 5.75 Å². The number of rotatable bonds is 8. The zero-order chi connectivity index (χ0) is 18.2. The quantitative estimate of drug-likeness (QED) is 0.783. The number of carbonyl (C=O) groups excluding carboxylic acids is 1. The summed E-state index contributed by atoms with van der Waals surface area (Å²) in [5, 5.41) is 3.06. The molecule has 3 rings (SSSR count). The molecule has 0 spiro atoms. The van der Waals surface area contributed by atoms with Crippen molar-refractivity contribution in [3.8, 4) is 5.75 Å². The van der Waals surface area contributed by atoms with Crippen molar-refractivity contribution in [3.63, 3.8) is 0 Å². The number of hydrogen-bond donors (Lipinski definition) is 1. The Balaban J connectivity index is 1.48. The minimum Gasteiger partial charge on any atom is -0.487 e. The molecule has 0 radical (unpaired) electrons. The topological polar surface area (TPSA) is 60.5 Å². The van der Waals surface area contributed by atoms with Crippen LogP contribution in [0.1, 0.15) is 49.9 Å². The fourth-order valence-electron chi connectivity index (χ4n) is 3.08. The SMILES string of the molecule is CC(NC(=O)CCC1CCCO1)c1cccc(OCc2ccccn2)c1. The van der Waals surface area contributed by atoms with Gasteiger partial charge in [-0.1, -0.05) is 18.2 Å². The normalized spacial score (nSPS) is 17.7. The minimum absolute atomic E-state index is 0.0628. The lowest BCUT2D eigenvalue weighted by molar-refractivity contribution is -0.122. The second-order valence-electron chi connectivity index (χ2n) is 6.65. The van der Waals surface area contributed by atoms with Gasteiger partial charge in [-0.3, -0.25) is 9.78 Å². The van der Waals surface area contributed by atoms with Gasteiger partial charge in [0.25, 0.3) is 0 Å². The van der Waals surface area contributed by atoms with Gasteiger partial charge in [0.1, 0.15) is 12.4 Å². The Labute approximate surface area is 154 Å². The van der Waals surface area contributed by atoms with E-state index in [9.17, 15) is 4.79 Å². The molecule has 2 aromatic rings.